The molecule has 0 radical (unpaired) electrons. The summed E-state index contributed by atoms with van der Waals surface area (Å²) in [5.41, 5.74) is 0.276. The first-order chi connectivity index (χ1) is 8.46. The Morgan fingerprint density at radius 1 is 1.28 bits per heavy atom. The topological polar surface area (TPSA) is 35.6 Å². The van der Waals surface area contributed by atoms with E-state index in [0.717, 1.165) is 19.6 Å². The van der Waals surface area contributed by atoms with Crippen molar-refractivity contribution in [2.24, 2.45) is 0 Å². The third kappa shape index (κ3) is 3.23. The Labute approximate surface area is 112 Å². The van der Waals surface area contributed by atoms with Crippen LogP contribution in [0.3, 0.4) is 0 Å². The molecular formula is C14H29N3O. The Morgan fingerprint density at radius 2 is 1.83 bits per heavy atom. The minimum absolute atomic E-state index is 0.0812. The van der Waals surface area contributed by atoms with E-state index < -0.39 is 0 Å². The van der Waals surface area contributed by atoms with Crippen LogP contribution in [0.5, 0.6) is 0 Å². The molecule has 0 saturated heterocycles. The van der Waals surface area contributed by atoms with E-state index in [-0.39, 0.29) is 17.5 Å². The smallest absolute Gasteiger partial charge is 0.239 e. The monoisotopic (exact) mass is 255 g/mol. The van der Waals surface area contributed by atoms with Crippen molar-refractivity contribution < 1.29 is 4.79 Å². The van der Waals surface area contributed by atoms with Crippen LogP contribution in [0.2, 0.25) is 0 Å². The van der Waals surface area contributed by atoms with E-state index in [2.05, 4.69) is 24.3 Å². The van der Waals surface area contributed by atoms with Crippen LogP contribution in [-0.4, -0.2) is 61.0 Å². The lowest BCUT2D eigenvalue weighted by Crippen LogP contribution is -2.59. The van der Waals surface area contributed by atoms with Crippen LogP contribution in [0.4, 0.5) is 0 Å². The summed E-state index contributed by atoms with van der Waals surface area (Å²) in [6, 6.07) is -0.0812. The fourth-order valence-corrected chi connectivity index (χ4v) is 2.61. The van der Waals surface area contributed by atoms with Gasteiger partial charge in [0.15, 0.2) is 0 Å². The van der Waals surface area contributed by atoms with Gasteiger partial charge in [-0.05, 0) is 54.1 Å². The van der Waals surface area contributed by atoms with Gasteiger partial charge < -0.3 is 15.1 Å². The van der Waals surface area contributed by atoms with Crippen LogP contribution in [0.25, 0.3) is 0 Å². The number of nitrogens with zero attached hydrogens (tertiary/aromatic N) is 2. The number of nitrogens with one attached hydrogen (secondary N) is 1. The Morgan fingerprint density at radius 3 is 2.17 bits per heavy atom. The summed E-state index contributed by atoms with van der Waals surface area (Å²) >= 11 is 0. The van der Waals surface area contributed by atoms with Crippen molar-refractivity contribution >= 4 is 5.91 Å². The normalized spacial score (nSPS) is 19.4. The van der Waals surface area contributed by atoms with Gasteiger partial charge >= 0.3 is 0 Å². The van der Waals surface area contributed by atoms with Crippen LogP contribution < -0.4 is 5.32 Å². The summed E-state index contributed by atoms with van der Waals surface area (Å²) in [6.07, 6.45) is 3.77. The highest BCUT2D eigenvalue weighted by atomic mass is 16.2. The summed E-state index contributed by atoms with van der Waals surface area (Å²) in [5.74, 6) is 0.216. The second-order valence-electron chi connectivity index (χ2n) is 5.59. The lowest BCUT2D eigenvalue weighted by Gasteiger charge is -2.48. The maximum Gasteiger partial charge on any atom is 0.239 e. The zero-order valence-corrected chi connectivity index (χ0v) is 12.6. The Hall–Kier alpha value is -0.610. The number of carbonyl (C=O) groups excluding carboxylic acids is 1. The molecule has 0 heterocycles. The maximum absolute atomic E-state index is 12.1. The first-order valence-corrected chi connectivity index (χ1v) is 7.16. The summed E-state index contributed by atoms with van der Waals surface area (Å²) in [4.78, 5) is 16.3. The second kappa shape index (κ2) is 6.53. The van der Waals surface area contributed by atoms with Gasteiger partial charge in [0, 0.05) is 25.2 Å². The zero-order chi connectivity index (χ0) is 13.8. The predicted molar refractivity (Wildman–Crippen MR) is 75.7 cm³/mol. The number of carbonyl (C=O) groups is 1. The summed E-state index contributed by atoms with van der Waals surface area (Å²) in [5, 5.41) is 3.42. The molecule has 0 spiro atoms. The zero-order valence-electron chi connectivity index (χ0n) is 12.6. The van der Waals surface area contributed by atoms with Crippen LogP contribution in [0.1, 0.15) is 40.0 Å². The van der Waals surface area contributed by atoms with E-state index >= 15 is 0 Å². The molecule has 18 heavy (non-hydrogen) atoms. The molecule has 1 fully saturated rings. The molecule has 1 aliphatic rings. The number of hydrogen-bond donors (Lipinski definition) is 1. The minimum atomic E-state index is -0.0812. The molecule has 0 aliphatic heterocycles. The third-order valence-electron chi connectivity index (χ3n) is 4.42. The Kier molecular flexibility index (Phi) is 5.60. The van der Waals surface area contributed by atoms with Crippen molar-refractivity contribution in [2.75, 3.05) is 33.7 Å². The van der Waals surface area contributed by atoms with Crippen molar-refractivity contribution in [1.82, 2.24) is 15.1 Å². The quantitative estimate of drug-likeness (QED) is 0.745. The molecule has 1 amide bonds. The molecule has 1 unspecified atom stereocenters. The fraction of sp³-hybridized carbons (Fsp3) is 0.929. The van der Waals surface area contributed by atoms with Crippen LogP contribution in [0.15, 0.2) is 0 Å². The van der Waals surface area contributed by atoms with Gasteiger partial charge in [-0.1, -0.05) is 0 Å². The first kappa shape index (κ1) is 15.4. The van der Waals surface area contributed by atoms with Crippen molar-refractivity contribution in [3.8, 4) is 0 Å². The molecular weight excluding hydrogens is 226 g/mol. The van der Waals surface area contributed by atoms with Crippen molar-refractivity contribution in [3.63, 3.8) is 0 Å². The van der Waals surface area contributed by atoms with Gasteiger partial charge in [-0.25, -0.2) is 0 Å². The molecule has 1 saturated carbocycles. The molecule has 1 rings (SSSR count). The molecule has 1 aliphatic carbocycles. The Balaban J connectivity index is 2.45. The van der Waals surface area contributed by atoms with Gasteiger partial charge in [-0.3, -0.25) is 4.79 Å². The molecule has 1 atom stereocenters. The highest BCUT2D eigenvalue weighted by molar-refractivity contribution is 5.81. The van der Waals surface area contributed by atoms with Crippen molar-refractivity contribution in [1.29, 1.82) is 0 Å². The summed E-state index contributed by atoms with van der Waals surface area (Å²) in [6.45, 7) is 8.53. The largest absolute Gasteiger partial charge is 0.342 e. The average Bonchev–Trinajstić information content (AvgIpc) is 2.28. The van der Waals surface area contributed by atoms with E-state index in [4.69, 9.17) is 0 Å². The molecule has 0 aromatic rings. The van der Waals surface area contributed by atoms with E-state index in [1.54, 1.807) is 0 Å². The SMILES string of the molecule is CCN(CC)C(=O)C(C)NCC1(N(C)C)CCC1. The highest BCUT2D eigenvalue weighted by Gasteiger charge is 2.39. The molecule has 0 aromatic heterocycles. The average molecular weight is 255 g/mol. The minimum Gasteiger partial charge on any atom is -0.342 e. The van der Waals surface area contributed by atoms with Crippen molar-refractivity contribution in [3.05, 3.63) is 0 Å². The summed E-state index contributed by atoms with van der Waals surface area (Å²) < 4.78 is 0. The number of hydrogen-bond acceptors (Lipinski definition) is 3. The maximum atomic E-state index is 12.1. The van der Waals surface area contributed by atoms with Crippen LogP contribution in [0, 0.1) is 0 Å². The molecule has 4 heteroatoms. The molecule has 0 aromatic carbocycles. The van der Waals surface area contributed by atoms with Gasteiger partial charge in [0.2, 0.25) is 5.91 Å². The van der Waals surface area contributed by atoms with Crippen LogP contribution in [-0.2, 0) is 4.79 Å². The van der Waals surface area contributed by atoms with E-state index in [1.807, 2.05) is 25.7 Å². The molecule has 4 nitrogen and oxygen atoms in total. The van der Waals surface area contributed by atoms with Gasteiger partial charge in [0.05, 0.1) is 6.04 Å². The van der Waals surface area contributed by atoms with Gasteiger partial charge in [-0.2, -0.15) is 0 Å². The van der Waals surface area contributed by atoms with Gasteiger partial charge in [0.1, 0.15) is 0 Å². The number of amides is 1. The highest BCUT2D eigenvalue weighted by Crippen LogP contribution is 2.35. The van der Waals surface area contributed by atoms with E-state index in [1.165, 1.54) is 19.3 Å². The van der Waals surface area contributed by atoms with Crippen molar-refractivity contribution in [2.45, 2.75) is 51.6 Å². The van der Waals surface area contributed by atoms with Gasteiger partial charge in [0.25, 0.3) is 0 Å². The number of rotatable bonds is 7. The molecule has 1 N–H and O–H groups in total. The fourth-order valence-electron chi connectivity index (χ4n) is 2.61. The predicted octanol–water partition coefficient (Wildman–Crippen LogP) is 1.32. The Bertz CT molecular complexity index is 270. The molecule has 0 bridgehead atoms. The second-order valence-corrected chi connectivity index (χ2v) is 5.59. The lowest BCUT2D eigenvalue weighted by atomic mass is 9.75. The number of likely N-dealkylation sites (N-methyl/N-ethyl adjacent to an activating group) is 2. The molecule has 106 valence electrons. The third-order valence-corrected chi connectivity index (χ3v) is 4.42. The lowest BCUT2D eigenvalue weighted by molar-refractivity contribution is -0.132. The van der Waals surface area contributed by atoms with E-state index in [0.29, 0.717) is 0 Å². The first-order valence-electron chi connectivity index (χ1n) is 7.16. The van der Waals surface area contributed by atoms with Gasteiger partial charge in [-0.15, -0.1) is 0 Å². The van der Waals surface area contributed by atoms with E-state index in [9.17, 15) is 4.79 Å². The standard InChI is InChI=1S/C14H29N3O/c1-6-17(7-2)13(18)12(3)15-11-14(16(4)5)9-8-10-14/h12,15H,6-11H2,1-5H3. The van der Waals surface area contributed by atoms with Crippen LogP contribution >= 0.6 is 0 Å². The summed E-state index contributed by atoms with van der Waals surface area (Å²) in [7, 11) is 4.27.